The van der Waals surface area contributed by atoms with E-state index < -0.39 is 10.0 Å². The second-order valence-electron chi connectivity index (χ2n) is 4.70. The van der Waals surface area contributed by atoms with Gasteiger partial charge in [0.25, 0.3) is 10.0 Å². The highest BCUT2D eigenvalue weighted by Gasteiger charge is 2.16. The van der Waals surface area contributed by atoms with E-state index in [1.165, 1.54) is 6.07 Å². The van der Waals surface area contributed by atoms with Gasteiger partial charge < -0.3 is 4.74 Å². The molecule has 0 aliphatic rings. The molecule has 0 atom stereocenters. The van der Waals surface area contributed by atoms with Gasteiger partial charge in [-0.2, -0.15) is 0 Å². The van der Waals surface area contributed by atoms with Crippen molar-refractivity contribution in [1.82, 2.24) is 0 Å². The van der Waals surface area contributed by atoms with Crippen LogP contribution in [0.15, 0.2) is 41.3 Å². The van der Waals surface area contributed by atoms with Crippen molar-refractivity contribution < 1.29 is 13.2 Å². The Kier molecular flexibility index (Phi) is 4.44. The first-order valence-electron chi connectivity index (χ1n) is 6.27. The average molecular weight is 326 g/mol. The van der Waals surface area contributed by atoms with Gasteiger partial charge >= 0.3 is 0 Å². The van der Waals surface area contributed by atoms with Gasteiger partial charge in [-0.05, 0) is 55.3 Å². The zero-order valence-electron chi connectivity index (χ0n) is 12.0. The number of rotatable bonds is 4. The Bertz CT molecular complexity index is 772. The first-order chi connectivity index (χ1) is 9.83. The van der Waals surface area contributed by atoms with E-state index in [0.717, 1.165) is 11.1 Å². The molecule has 0 unspecified atom stereocenters. The second-order valence-corrected chi connectivity index (χ2v) is 6.79. The number of methoxy groups -OCH3 is 1. The highest BCUT2D eigenvalue weighted by Crippen LogP contribution is 2.25. The van der Waals surface area contributed by atoms with Crippen LogP contribution in [-0.2, 0) is 10.0 Å². The summed E-state index contributed by atoms with van der Waals surface area (Å²) in [6, 6.07) is 9.73. The second kappa shape index (κ2) is 5.95. The molecule has 0 heterocycles. The summed E-state index contributed by atoms with van der Waals surface area (Å²) in [5.41, 5.74) is 2.07. The van der Waals surface area contributed by atoms with E-state index in [9.17, 15) is 8.42 Å². The van der Waals surface area contributed by atoms with Crippen LogP contribution in [0.2, 0.25) is 5.02 Å². The molecule has 4 nitrogen and oxygen atoms in total. The first-order valence-corrected chi connectivity index (χ1v) is 8.13. The van der Waals surface area contributed by atoms with Gasteiger partial charge in [-0.3, -0.25) is 4.72 Å². The van der Waals surface area contributed by atoms with Crippen molar-refractivity contribution >= 4 is 27.3 Å². The standard InChI is InChI=1S/C15H16ClNO3S/c1-10-4-5-12(9-14(10)16)17-21(18,19)13-6-7-15(20-3)11(2)8-13/h4-9,17H,1-3H3. The Balaban J connectivity index is 2.33. The highest BCUT2D eigenvalue weighted by molar-refractivity contribution is 7.92. The molecule has 0 aliphatic carbocycles. The first kappa shape index (κ1) is 15.7. The van der Waals surface area contributed by atoms with E-state index in [1.54, 1.807) is 44.4 Å². The van der Waals surface area contributed by atoms with E-state index in [0.29, 0.717) is 16.5 Å². The number of hydrogen-bond donors (Lipinski definition) is 1. The molecule has 2 aromatic carbocycles. The highest BCUT2D eigenvalue weighted by atomic mass is 35.5. The molecule has 0 spiro atoms. The third kappa shape index (κ3) is 3.49. The lowest BCUT2D eigenvalue weighted by molar-refractivity contribution is 0.411. The lowest BCUT2D eigenvalue weighted by Crippen LogP contribution is -2.13. The molecule has 21 heavy (non-hydrogen) atoms. The molecule has 2 aromatic rings. The number of benzene rings is 2. The molecular weight excluding hydrogens is 310 g/mol. The Morgan fingerprint density at radius 1 is 1.05 bits per heavy atom. The third-order valence-electron chi connectivity index (χ3n) is 3.10. The smallest absolute Gasteiger partial charge is 0.261 e. The minimum atomic E-state index is -3.65. The fourth-order valence-corrected chi connectivity index (χ4v) is 3.20. The van der Waals surface area contributed by atoms with Crippen molar-refractivity contribution in [3.63, 3.8) is 0 Å². The molecule has 0 radical (unpaired) electrons. The summed E-state index contributed by atoms with van der Waals surface area (Å²) in [6.45, 7) is 3.65. The lowest BCUT2D eigenvalue weighted by Gasteiger charge is -2.11. The van der Waals surface area contributed by atoms with E-state index in [4.69, 9.17) is 16.3 Å². The Hall–Kier alpha value is -1.72. The van der Waals surface area contributed by atoms with Crippen LogP contribution >= 0.6 is 11.6 Å². The van der Waals surface area contributed by atoms with E-state index in [-0.39, 0.29) is 4.90 Å². The topological polar surface area (TPSA) is 55.4 Å². The molecule has 0 amide bonds. The monoisotopic (exact) mass is 325 g/mol. The Labute approximate surface area is 129 Å². The van der Waals surface area contributed by atoms with Crippen LogP contribution in [0.5, 0.6) is 5.75 Å². The fourth-order valence-electron chi connectivity index (χ4n) is 1.89. The van der Waals surface area contributed by atoms with Gasteiger partial charge in [0.15, 0.2) is 0 Å². The summed E-state index contributed by atoms with van der Waals surface area (Å²) >= 11 is 6.00. The van der Waals surface area contributed by atoms with E-state index in [2.05, 4.69) is 4.72 Å². The maximum Gasteiger partial charge on any atom is 0.261 e. The van der Waals surface area contributed by atoms with Gasteiger partial charge in [0.05, 0.1) is 17.7 Å². The van der Waals surface area contributed by atoms with Gasteiger partial charge in [0.2, 0.25) is 0 Å². The van der Waals surface area contributed by atoms with Crippen molar-refractivity contribution in [3.05, 3.63) is 52.5 Å². The van der Waals surface area contributed by atoms with Crippen LogP contribution in [0.3, 0.4) is 0 Å². The number of anilines is 1. The summed E-state index contributed by atoms with van der Waals surface area (Å²) in [7, 11) is -2.11. The van der Waals surface area contributed by atoms with Gasteiger partial charge in [0.1, 0.15) is 5.75 Å². The predicted octanol–water partition coefficient (Wildman–Crippen LogP) is 3.77. The fraction of sp³-hybridized carbons (Fsp3) is 0.200. The number of halogens is 1. The van der Waals surface area contributed by atoms with Crippen LogP contribution in [0.1, 0.15) is 11.1 Å². The van der Waals surface area contributed by atoms with Crippen molar-refractivity contribution in [2.24, 2.45) is 0 Å². The summed E-state index contributed by atoms with van der Waals surface area (Å²) in [4.78, 5) is 0.178. The molecule has 2 rings (SSSR count). The zero-order chi connectivity index (χ0) is 15.6. The number of aryl methyl sites for hydroxylation is 2. The number of hydrogen-bond acceptors (Lipinski definition) is 3. The number of ether oxygens (including phenoxy) is 1. The minimum absolute atomic E-state index is 0.178. The summed E-state index contributed by atoms with van der Waals surface area (Å²) in [5, 5.41) is 0.515. The Morgan fingerprint density at radius 3 is 2.33 bits per heavy atom. The van der Waals surface area contributed by atoms with E-state index >= 15 is 0 Å². The van der Waals surface area contributed by atoms with Gasteiger partial charge in [0, 0.05) is 5.02 Å². The molecule has 0 aliphatic heterocycles. The van der Waals surface area contributed by atoms with Crippen LogP contribution in [0.25, 0.3) is 0 Å². The summed E-state index contributed by atoms with van der Waals surface area (Å²) in [6.07, 6.45) is 0. The molecule has 0 aromatic heterocycles. The maximum atomic E-state index is 12.4. The summed E-state index contributed by atoms with van der Waals surface area (Å²) in [5.74, 6) is 0.646. The van der Waals surface area contributed by atoms with Crippen molar-refractivity contribution in [2.45, 2.75) is 18.7 Å². The van der Waals surface area contributed by atoms with Gasteiger partial charge in [-0.25, -0.2) is 8.42 Å². The maximum absolute atomic E-state index is 12.4. The zero-order valence-corrected chi connectivity index (χ0v) is 13.5. The minimum Gasteiger partial charge on any atom is -0.496 e. The van der Waals surface area contributed by atoms with Crippen molar-refractivity contribution in [3.8, 4) is 5.75 Å². The number of sulfonamides is 1. The van der Waals surface area contributed by atoms with E-state index in [1.807, 2.05) is 6.92 Å². The molecule has 0 fully saturated rings. The molecule has 6 heteroatoms. The number of nitrogens with one attached hydrogen (secondary N) is 1. The van der Waals surface area contributed by atoms with Crippen molar-refractivity contribution in [1.29, 1.82) is 0 Å². The van der Waals surface area contributed by atoms with Crippen LogP contribution < -0.4 is 9.46 Å². The van der Waals surface area contributed by atoms with Gasteiger partial charge in [-0.15, -0.1) is 0 Å². The van der Waals surface area contributed by atoms with Crippen LogP contribution in [0.4, 0.5) is 5.69 Å². The molecule has 112 valence electrons. The molecule has 0 saturated carbocycles. The molecule has 1 N–H and O–H groups in total. The van der Waals surface area contributed by atoms with Crippen molar-refractivity contribution in [2.75, 3.05) is 11.8 Å². The molecule has 0 saturated heterocycles. The normalized spacial score (nSPS) is 11.2. The average Bonchev–Trinajstić information content (AvgIpc) is 2.42. The Morgan fingerprint density at radius 2 is 1.76 bits per heavy atom. The molecular formula is C15H16ClNO3S. The van der Waals surface area contributed by atoms with Gasteiger partial charge in [-0.1, -0.05) is 17.7 Å². The quantitative estimate of drug-likeness (QED) is 0.931. The van der Waals surface area contributed by atoms with Crippen LogP contribution in [-0.4, -0.2) is 15.5 Å². The largest absolute Gasteiger partial charge is 0.496 e. The third-order valence-corrected chi connectivity index (χ3v) is 4.89. The summed E-state index contributed by atoms with van der Waals surface area (Å²) < 4.78 is 32.4. The predicted molar refractivity (Wildman–Crippen MR) is 84.7 cm³/mol. The molecule has 0 bridgehead atoms. The lowest BCUT2D eigenvalue weighted by atomic mass is 10.2. The van der Waals surface area contributed by atoms with Crippen LogP contribution in [0, 0.1) is 13.8 Å². The SMILES string of the molecule is COc1ccc(S(=O)(=O)Nc2ccc(C)c(Cl)c2)cc1C.